The maximum absolute atomic E-state index is 4.97. The topological polar surface area (TPSA) is 9.23 Å². The Labute approximate surface area is 64.1 Å². The zero-order valence-corrected chi connectivity index (χ0v) is 7.48. The minimum atomic E-state index is 0.756. The van der Waals surface area contributed by atoms with Crippen LogP contribution in [0.3, 0.4) is 0 Å². The van der Waals surface area contributed by atoms with Crippen molar-refractivity contribution >= 4 is 0 Å². The summed E-state index contributed by atoms with van der Waals surface area (Å²) < 4.78 is 4.97. The van der Waals surface area contributed by atoms with Crippen LogP contribution >= 0.6 is 0 Å². The molecule has 60 valence electrons. The van der Waals surface area contributed by atoms with E-state index in [-0.39, 0.29) is 0 Å². The lowest BCUT2D eigenvalue weighted by Gasteiger charge is -2.01. The largest absolute Gasteiger partial charge is 0.380 e. The van der Waals surface area contributed by atoms with E-state index in [0.717, 1.165) is 18.9 Å². The van der Waals surface area contributed by atoms with Gasteiger partial charge in [0.2, 0.25) is 0 Å². The molecule has 1 nitrogen and oxygen atoms in total. The Morgan fingerprint density at radius 1 is 1.50 bits per heavy atom. The number of hydrogen-bond acceptors (Lipinski definition) is 1. The lowest BCUT2D eigenvalue weighted by Crippen LogP contribution is -1.91. The molecule has 0 bridgehead atoms. The molecular formula is C9H18O. The van der Waals surface area contributed by atoms with E-state index in [1.165, 1.54) is 5.57 Å². The van der Waals surface area contributed by atoms with Gasteiger partial charge in [-0.15, -0.1) is 0 Å². The summed E-state index contributed by atoms with van der Waals surface area (Å²) in [5, 5.41) is 0. The summed E-state index contributed by atoms with van der Waals surface area (Å²) in [6.07, 6.45) is 3.41. The van der Waals surface area contributed by atoms with Crippen LogP contribution in [0.15, 0.2) is 11.6 Å². The Morgan fingerprint density at radius 3 is 2.50 bits per heavy atom. The van der Waals surface area contributed by atoms with Crippen LogP contribution in [0.2, 0.25) is 0 Å². The van der Waals surface area contributed by atoms with Crippen LogP contribution in [-0.4, -0.2) is 13.7 Å². The predicted octanol–water partition coefficient (Wildman–Crippen LogP) is 2.63. The second kappa shape index (κ2) is 5.48. The summed E-state index contributed by atoms with van der Waals surface area (Å²) in [5.74, 6) is 0.756. The van der Waals surface area contributed by atoms with Gasteiger partial charge < -0.3 is 4.74 Å². The fraction of sp³-hybridized carbons (Fsp3) is 0.778. The van der Waals surface area contributed by atoms with E-state index >= 15 is 0 Å². The third kappa shape index (κ3) is 5.83. The quantitative estimate of drug-likeness (QED) is 0.548. The molecule has 0 radical (unpaired) electrons. The molecule has 10 heavy (non-hydrogen) atoms. The first-order valence-corrected chi connectivity index (χ1v) is 3.81. The van der Waals surface area contributed by atoms with Crippen molar-refractivity contribution in [1.82, 2.24) is 0 Å². The number of allylic oxidation sites excluding steroid dienone is 1. The molecule has 0 atom stereocenters. The SMILES string of the molecule is COC/C(C)=C/CC(C)C. The molecule has 0 rings (SSSR count). The Morgan fingerprint density at radius 2 is 2.10 bits per heavy atom. The van der Waals surface area contributed by atoms with Crippen LogP contribution < -0.4 is 0 Å². The van der Waals surface area contributed by atoms with Crippen LogP contribution in [0.4, 0.5) is 0 Å². The molecule has 0 fully saturated rings. The molecular weight excluding hydrogens is 124 g/mol. The van der Waals surface area contributed by atoms with E-state index in [1.54, 1.807) is 7.11 Å². The first kappa shape index (κ1) is 9.70. The van der Waals surface area contributed by atoms with Crippen molar-refractivity contribution in [3.63, 3.8) is 0 Å². The fourth-order valence-corrected chi connectivity index (χ4v) is 0.723. The van der Waals surface area contributed by atoms with Crippen molar-refractivity contribution in [2.75, 3.05) is 13.7 Å². The lowest BCUT2D eigenvalue weighted by atomic mass is 10.1. The van der Waals surface area contributed by atoms with Gasteiger partial charge in [-0.25, -0.2) is 0 Å². The molecule has 1 heteroatoms. The van der Waals surface area contributed by atoms with E-state index in [2.05, 4.69) is 26.8 Å². The highest BCUT2D eigenvalue weighted by Crippen LogP contribution is 2.03. The van der Waals surface area contributed by atoms with Crippen molar-refractivity contribution in [3.05, 3.63) is 11.6 Å². The van der Waals surface area contributed by atoms with Gasteiger partial charge in [-0.2, -0.15) is 0 Å². The van der Waals surface area contributed by atoms with Crippen LogP contribution in [0.5, 0.6) is 0 Å². The Kier molecular flexibility index (Phi) is 5.32. The van der Waals surface area contributed by atoms with E-state index in [0.29, 0.717) is 0 Å². The monoisotopic (exact) mass is 142 g/mol. The Hall–Kier alpha value is -0.300. The van der Waals surface area contributed by atoms with Gasteiger partial charge in [0.1, 0.15) is 0 Å². The maximum atomic E-state index is 4.97. The van der Waals surface area contributed by atoms with Crippen LogP contribution in [-0.2, 0) is 4.74 Å². The van der Waals surface area contributed by atoms with Crippen molar-refractivity contribution in [2.24, 2.45) is 5.92 Å². The second-order valence-corrected chi connectivity index (χ2v) is 3.11. The van der Waals surface area contributed by atoms with E-state index in [9.17, 15) is 0 Å². The first-order valence-electron chi connectivity index (χ1n) is 3.81. The number of rotatable bonds is 4. The summed E-state index contributed by atoms with van der Waals surface area (Å²) in [4.78, 5) is 0. The maximum Gasteiger partial charge on any atom is 0.0670 e. The van der Waals surface area contributed by atoms with Crippen molar-refractivity contribution < 1.29 is 4.74 Å². The van der Waals surface area contributed by atoms with Gasteiger partial charge in [0.25, 0.3) is 0 Å². The molecule has 0 aliphatic heterocycles. The summed E-state index contributed by atoms with van der Waals surface area (Å²) in [6.45, 7) is 7.31. The zero-order valence-electron chi connectivity index (χ0n) is 7.48. The van der Waals surface area contributed by atoms with Crippen LogP contribution in [0.1, 0.15) is 27.2 Å². The van der Waals surface area contributed by atoms with Gasteiger partial charge in [0.05, 0.1) is 6.61 Å². The van der Waals surface area contributed by atoms with E-state index in [4.69, 9.17) is 4.74 Å². The standard InChI is InChI=1S/C9H18O/c1-8(2)5-6-9(3)7-10-4/h6,8H,5,7H2,1-4H3/b9-6+. The molecule has 0 saturated carbocycles. The average molecular weight is 142 g/mol. The van der Waals surface area contributed by atoms with E-state index < -0.39 is 0 Å². The highest BCUT2D eigenvalue weighted by atomic mass is 16.5. The number of methoxy groups -OCH3 is 1. The molecule has 0 saturated heterocycles. The summed E-state index contributed by atoms with van der Waals surface area (Å²) >= 11 is 0. The lowest BCUT2D eigenvalue weighted by molar-refractivity contribution is 0.225. The summed E-state index contributed by atoms with van der Waals surface area (Å²) in [7, 11) is 1.73. The fourth-order valence-electron chi connectivity index (χ4n) is 0.723. The summed E-state index contributed by atoms with van der Waals surface area (Å²) in [6, 6.07) is 0. The Balaban J connectivity index is 3.47. The molecule has 0 N–H and O–H groups in total. The normalized spacial score (nSPS) is 12.7. The molecule has 0 unspecified atom stereocenters. The minimum absolute atomic E-state index is 0.756. The molecule has 0 aromatic carbocycles. The van der Waals surface area contributed by atoms with Gasteiger partial charge >= 0.3 is 0 Å². The number of ether oxygens (including phenoxy) is 1. The van der Waals surface area contributed by atoms with Gasteiger partial charge in [0, 0.05) is 7.11 Å². The second-order valence-electron chi connectivity index (χ2n) is 3.11. The molecule has 0 spiro atoms. The van der Waals surface area contributed by atoms with Gasteiger partial charge in [-0.1, -0.05) is 25.5 Å². The summed E-state index contributed by atoms with van der Waals surface area (Å²) in [5.41, 5.74) is 1.33. The Bertz CT molecular complexity index is 103. The van der Waals surface area contributed by atoms with E-state index in [1.807, 2.05) is 0 Å². The van der Waals surface area contributed by atoms with Crippen LogP contribution in [0.25, 0.3) is 0 Å². The predicted molar refractivity (Wildman–Crippen MR) is 45.1 cm³/mol. The minimum Gasteiger partial charge on any atom is -0.380 e. The zero-order chi connectivity index (χ0) is 7.98. The highest BCUT2D eigenvalue weighted by molar-refractivity contribution is 4.98. The molecule has 0 aromatic heterocycles. The van der Waals surface area contributed by atoms with Crippen molar-refractivity contribution in [3.8, 4) is 0 Å². The van der Waals surface area contributed by atoms with Crippen molar-refractivity contribution in [2.45, 2.75) is 27.2 Å². The van der Waals surface area contributed by atoms with Gasteiger partial charge in [-0.05, 0) is 19.3 Å². The first-order chi connectivity index (χ1) is 4.66. The van der Waals surface area contributed by atoms with Gasteiger partial charge in [0.15, 0.2) is 0 Å². The molecule has 0 heterocycles. The third-order valence-electron chi connectivity index (χ3n) is 1.31. The highest BCUT2D eigenvalue weighted by Gasteiger charge is 1.90. The van der Waals surface area contributed by atoms with Gasteiger partial charge in [-0.3, -0.25) is 0 Å². The average Bonchev–Trinajstić information content (AvgIpc) is 1.85. The third-order valence-corrected chi connectivity index (χ3v) is 1.31. The molecule has 0 aliphatic rings. The van der Waals surface area contributed by atoms with Crippen molar-refractivity contribution in [1.29, 1.82) is 0 Å². The smallest absolute Gasteiger partial charge is 0.0670 e. The molecule has 0 amide bonds. The number of hydrogen-bond donors (Lipinski definition) is 0. The molecule has 0 aliphatic carbocycles. The van der Waals surface area contributed by atoms with Crippen LogP contribution in [0, 0.1) is 5.92 Å². The molecule has 0 aromatic rings.